The van der Waals surface area contributed by atoms with E-state index in [0.717, 1.165) is 49.0 Å². The van der Waals surface area contributed by atoms with E-state index in [1.165, 1.54) is 12.3 Å². The molecule has 1 unspecified atom stereocenters. The smallest absolute Gasteiger partial charge is 0.433 e. The van der Waals surface area contributed by atoms with Crippen LogP contribution in [0.3, 0.4) is 0 Å². The molecule has 1 saturated carbocycles. The summed E-state index contributed by atoms with van der Waals surface area (Å²) >= 11 is 0. The highest BCUT2D eigenvalue weighted by Gasteiger charge is 2.54. The quantitative estimate of drug-likeness (QED) is 0.843. The monoisotopic (exact) mass is 393 g/mol. The first-order chi connectivity index (χ1) is 13.3. The van der Waals surface area contributed by atoms with Crippen molar-refractivity contribution in [2.24, 2.45) is 11.3 Å². The second kappa shape index (κ2) is 6.92. The molecule has 2 aliphatic rings. The van der Waals surface area contributed by atoms with Gasteiger partial charge in [-0.15, -0.1) is 0 Å². The molecule has 5 nitrogen and oxygen atoms in total. The second-order valence-corrected chi connectivity index (χ2v) is 7.83. The molecule has 1 N–H and O–H groups in total. The molecule has 0 radical (unpaired) electrons. The summed E-state index contributed by atoms with van der Waals surface area (Å²) in [5.41, 5.74) is 0.951. The highest BCUT2D eigenvalue weighted by Crippen LogP contribution is 2.57. The summed E-state index contributed by atoms with van der Waals surface area (Å²) in [6.07, 6.45) is 2.25. The molecule has 3 heterocycles. The largest absolute Gasteiger partial charge is 0.496 e. The Balaban J connectivity index is 1.37. The first-order valence-electron chi connectivity index (χ1n) is 9.22. The van der Waals surface area contributed by atoms with Crippen molar-refractivity contribution in [3.05, 3.63) is 48.0 Å². The molecule has 8 heteroatoms. The van der Waals surface area contributed by atoms with E-state index >= 15 is 0 Å². The Labute approximate surface area is 161 Å². The van der Waals surface area contributed by atoms with Crippen molar-refractivity contribution >= 4 is 5.69 Å². The topological polar surface area (TPSA) is 58.5 Å². The van der Waals surface area contributed by atoms with Gasteiger partial charge in [0.2, 0.25) is 0 Å². The number of aromatic nitrogens is 2. The molecule has 1 saturated heterocycles. The molecular formula is C20H22F3N3O2. The average Bonchev–Trinajstić information content (AvgIpc) is 2.62. The molecule has 4 rings (SSSR count). The lowest BCUT2D eigenvalue weighted by molar-refractivity contribution is -0.141. The summed E-state index contributed by atoms with van der Waals surface area (Å²) in [6.45, 7) is 1.65. The van der Waals surface area contributed by atoms with Gasteiger partial charge in [0, 0.05) is 42.4 Å². The van der Waals surface area contributed by atoms with Crippen LogP contribution in [0.1, 0.15) is 30.0 Å². The average molecular weight is 393 g/mol. The molecule has 150 valence electrons. The van der Waals surface area contributed by atoms with Gasteiger partial charge in [-0.05, 0) is 37.0 Å². The number of aliphatic hydroxyl groups excluding tert-OH is 1. The molecule has 2 aromatic heterocycles. The van der Waals surface area contributed by atoms with E-state index in [2.05, 4.69) is 14.9 Å². The van der Waals surface area contributed by atoms with Gasteiger partial charge in [-0.25, -0.2) is 4.98 Å². The number of pyridine rings is 2. The number of nitrogens with zero attached hydrogens (tertiary/aromatic N) is 3. The molecule has 0 amide bonds. The fourth-order valence-electron chi connectivity index (χ4n) is 4.64. The summed E-state index contributed by atoms with van der Waals surface area (Å²) in [4.78, 5) is 9.76. The van der Waals surface area contributed by atoms with Crippen LogP contribution in [0.4, 0.5) is 18.9 Å². The summed E-state index contributed by atoms with van der Waals surface area (Å²) in [5.74, 6) is 1.06. The maximum atomic E-state index is 12.6. The number of hydrogen-bond donors (Lipinski definition) is 1. The third-order valence-corrected chi connectivity index (χ3v) is 6.04. The van der Waals surface area contributed by atoms with Gasteiger partial charge in [0.25, 0.3) is 0 Å². The lowest BCUT2D eigenvalue weighted by atomic mass is 9.54. The van der Waals surface area contributed by atoms with E-state index in [1.54, 1.807) is 25.6 Å². The summed E-state index contributed by atoms with van der Waals surface area (Å²) in [5, 5.41) is 9.92. The zero-order valence-electron chi connectivity index (χ0n) is 15.5. The van der Waals surface area contributed by atoms with Crippen LogP contribution >= 0.6 is 0 Å². The molecule has 1 atom stereocenters. The molecule has 1 aliphatic carbocycles. The van der Waals surface area contributed by atoms with E-state index in [9.17, 15) is 18.3 Å². The van der Waals surface area contributed by atoms with Crippen LogP contribution in [0.5, 0.6) is 5.75 Å². The van der Waals surface area contributed by atoms with Crippen LogP contribution in [0.15, 0.2) is 36.8 Å². The summed E-state index contributed by atoms with van der Waals surface area (Å²) in [7, 11) is 1.61. The molecule has 1 aliphatic heterocycles. The molecule has 0 aromatic carbocycles. The zero-order chi connectivity index (χ0) is 19.9. The normalized spacial score (nSPS) is 19.8. The van der Waals surface area contributed by atoms with Crippen LogP contribution in [-0.4, -0.2) is 41.9 Å². The highest BCUT2D eigenvalue weighted by atomic mass is 19.4. The molecule has 1 spiro atoms. The Bertz CT molecular complexity index is 827. The van der Waals surface area contributed by atoms with Crippen LogP contribution in [0, 0.1) is 11.3 Å². The number of methoxy groups -OCH3 is 1. The Morgan fingerprint density at radius 2 is 2.00 bits per heavy atom. The zero-order valence-corrected chi connectivity index (χ0v) is 15.5. The fraction of sp³-hybridized carbons (Fsp3) is 0.500. The second-order valence-electron chi connectivity index (χ2n) is 7.83. The Morgan fingerprint density at radius 3 is 2.57 bits per heavy atom. The fourth-order valence-corrected chi connectivity index (χ4v) is 4.64. The maximum Gasteiger partial charge on any atom is 0.433 e. The number of halogens is 3. The van der Waals surface area contributed by atoms with Crippen molar-refractivity contribution in [3.63, 3.8) is 0 Å². The first-order valence-corrected chi connectivity index (χ1v) is 9.22. The third kappa shape index (κ3) is 3.30. The Kier molecular flexibility index (Phi) is 4.69. The third-order valence-electron chi connectivity index (χ3n) is 6.04. The predicted octanol–water partition coefficient (Wildman–Crippen LogP) is 3.50. The lowest BCUT2D eigenvalue weighted by Crippen LogP contribution is -2.63. The van der Waals surface area contributed by atoms with Crippen LogP contribution in [0.2, 0.25) is 0 Å². The molecule has 2 fully saturated rings. The highest BCUT2D eigenvalue weighted by molar-refractivity contribution is 5.49. The van der Waals surface area contributed by atoms with Crippen molar-refractivity contribution < 1.29 is 23.0 Å². The van der Waals surface area contributed by atoms with E-state index in [1.807, 2.05) is 0 Å². The minimum absolute atomic E-state index is 0.0175. The van der Waals surface area contributed by atoms with E-state index in [0.29, 0.717) is 5.92 Å². The first kappa shape index (κ1) is 19.0. The van der Waals surface area contributed by atoms with E-state index in [4.69, 9.17) is 4.74 Å². The molecule has 0 bridgehead atoms. The van der Waals surface area contributed by atoms with Gasteiger partial charge in [-0.2, -0.15) is 13.2 Å². The predicted molar refractivity (Wildman–Crippen MR) is 97.2 cm³/mol. The SMILES string of the molecule is COc1ccncc1C(CO)C1CC2(C1)CN(c1ccc(C(F)(F)F)nc1)C2. The molecule has 2 aromatic rings. The van der Waals surface area contributed by atoms with Crippen LogP contribution in [0.25, 0.3) is 0 Å². The van der Waals surface area contributed by atoms with Gasteiger partial charge in [0.1, 0.15) is 11.4 Å². The molecule has 28 heavy (non-hydrogen) atoms. The van der Waals surface area contributed by atoms with Gasteiger partial charge in [0.05, 0.1) is 25.6 Å². The van der Waals surface area contributed by atoms with Gasteiger partial charge < -0.3 is 14.7 Å². The van der Waals surface area contributed by atoms with Crippen molar-refractivity contribution in [1.82, 2.24) is 9.97 Å². The Morgan fingerprint density at radius 1 is 1.25 bits per heavy atom. The standard InChI is InChI=1S/C20H22F3N3O2/c1-28-17-4-5-24-9-15(17)16(10-27)13-6-19(7-13)11-26(12-19)14-2-3-18(25-8-14)20(21,22)23/h2-5,8-9,13,16,27H,6-7,10-12H2,1H3. The summed E-state index contributed by atoms with van der Waals surface area (Å²) in [6, 6.07) is 4.31. The van der Waals surface area contributed by atoms with Crippen molar-refractivity contribution in [3.8, 4) is 5.75 Å². The van der Waals surface area contributed by atoms with Crippen molar-refractivity contribution in [2.75, 3.05) is 31.7 Å². The number of aliphatic hydroxyl groups is 1. The number of alkyl halides is 3. The van der Waals surface area contributed by atoms with Crippen molar-refractivity contribution in [1.29, 1.82) is 0 Å². The van der Waals surface area contributed by atoms with Gasteiger partial charge in [-0.3, -0.25) is 4.98 Å². The number of rotatable bonds is 5. The van der Waals surface area contributed by atoms with Gasteiger partial charge in [-0.1, -0.05) is 0 Å². The number of hydrogen-bond acceptors (Lipinski definition) is 5. The van der Waals surface area contributed by atoms with Crippen LogP contribution in [-0.2, 0) is 6.18 Å². The van der Waals surface area contributed by atoms with E-state index in [-0.39, 0.29) is 17.9 Å². The minimum atomic E-state index is -4.41. The minimum Gasteiger partial charge on any atom is -0.496 e. The number of anilines is 1. The number of ether oxygens (including phenoxy) is 1. The van der Waals surface area contributed by atoms with E-state index < -0.39 is 11.9 Å². The van der Waals surface area contributed by atoms with Crippen LogP contribution < -0.4 is 9.64 Å². The lowest BCUT2D eigenvalue weighted by Gasteiger charge is -2.61. The van der Waals surface area contributed by atoms with Crippen molar-refractivity contribution in [2.45, 2.75) is 24.9 Å². The summed E-state index contributed by atoms with van der Waals surface area (Å²) < 4.78 is 43.3. The van der Waals surface area contributed by atoms with Gasteiger partial charge >= 0.3 is 6.18 Å². The van der Waals surface area contributed by atoms with Gasteiger partial charge in [0.15, 0.2) is 0 Å². The Hall–Kier alpha value is -2.35. The molecular weight excluding hydrogens is 371 g/mol. The maximum absolute atomic E-state index is 12.6.